The zero-order valence-corrected chi connectivity index (χ0v) is 9.92. The fourth-order valence-corrected chi connectivity index (χ4v) is 1.79. The molecule has 1 saturated heterocycles. The van der Waals surface area contributed by atoms with Crippen molar-refractivity contribution in [2.45, 2.75) is 40.7 Å². The molecule has 0 aliphatic carbocycles. The first-order valence-electron chi connectivity index (χ1n) is 5.19. The van der Waals surface area contributed by atoms with E-state index in [1.807, 2.05) is 25.7 Å². The number of hydrogen-bond donors (Lipinski definition) is 1. The van der Waals surface area contributed by atoms with E-state index in [1.165, 1.54) is 0 Å². The van der Waals surface area contributed by atoms with Gasteiger partial charge in [-0.25, -0.2) is 0 Å². The maximum absolute atomic E-state index is 12.0. The van der Waals surface area contributed by atoms with E-state index in [-0.39, 0.29) is 22.8 Å². The van der Waals surface area contributed by atoms with Gasteiger partial charge in [-0.05, 0) is 5.41 Å². The minimum Gasteiger partial charge on any atom is -0.340 e. The smallest absolute Gasteiger partial charge is 0.228 e. The maximum Gasteiger partial charge on any atom is 0.228 e. The van der Waals surface area contributed by atoms with Gasteiger partial charge in [-0.2, -0.15) is 0 Å². The highest BCUT2D eigenvalue weighted by atomic mass is 16.2. The molecule has 1 aliphatic rings. The summed E-state index contributed by atoms with van der Waals surface area (Å²) in [6, 6.07) is 0.105. The Labute approximate surface area is 86.6 Å². The molecule has 82 valence electrons. The number of rotatable bonds is 0. The molecule has 1 atom stereocenters. The standard InChI is InChI=1S/C11H22N2O/c1-10(2,3)9(14)13-6-8(12)11(4,5)7-13/h8H,6-7,12H2,1-5H3. The molecule has 1 fully saturated rings. The normalized spacial score (nSPS) is 26.7. The van der Waals surface area contributed by atoms with Crippen LogP contribution in [0, 0.1) is 10.8 Å². The van der Waals surface area contributed by atoms with E-state index in [4.69, 9.17) is 5.73 Å². The lowest BCUT2D eigenvalue weighted by Gasteiger charge is -2.26. The van der Waals surface area contributed by atoms with Crippen LogP contribution in [0.3, 0.4) is 0 Å². The first-order valence-corrected chi connectivity index (χ1v) is 5.19. The summed E-state index contributed by atoms with van der Waals surface area (Å²) in [5, 5.41) is 0. The molecule has 1 unspecified atom stereocenters. The molecule has 1 aliphatic heterocycles. The van der Waals surface area contributed by atoms with Gasteiger partial charge in [-0.1, -0.05) is 34.6 Å². The Morgan fingerprint density at radius 1 is 1.43 bits per heavy atom. The van der Waals surface area contributed by atoms with E-state index in [2.05, 4.69) is 13.8 Å². The summed E-state index contributed by atoms with van der Waals surface area (Å²) in [5.41, 5.74) is 5.76. The minimum absolute atomic E-state index is 0.0565. The number of nitrogens with two attached hydrogens (primary N) is 1. The van der Waals surface area contributed by atoms with E-state index < -0.39 is 0 Å². The van der Waals surface area contributed by atoms with Gasteiger partial charge in [0.1, 0.15) is 0 Å². The molecule has 14 heavy (non-hydrogen) atoms. The van der Waals surface area contributed by atoms with Crippen molar-refractivity contribution in [1.29, 1.82) is 0 Å². The highest BCUT2D eigenvalue weighted by Crippen LogP contribution is 2.31. The largest absolute Gasteiger partial charge is 0.340 e. The van der Waals surface area contributed by atoms with Crippen molar-refractivity contribution in [1.82, 2.24) is 4.90 Å². The molecule has 0 aromatic rings. The van der Waals surface area contributed by atoms with Crippen molar-refractivity contribution >= 4 is 5.91 Å². The van der Waals surface area contributed by atoms with E-state index in [9.17, 15) is 4.79 Å². The summed E-state index contributed by atoms with van der Waals surface area (Å²) in [5.74, 6) is 0.207. The van der Waals surface area contributed by atoms with Gasteiger partial charge < -0.3 is 10.6 Å². The van der Waals surface area contributed by atoms with Gasteiger partial charge in [0, 0.05) is 24.5 Å². The summed E-state index contributed by atoms with van der Waals surface area (Å²) < 4.78 is 0. The van der Waals surface area contributed by atoms with Crippen molar-refractivity contribution in [3.05, 3.63) is 0 Å². The Morgan fingerprint density at radius 2 is 1.93 bits per heavy atom. The molecule has 1 heterocycles. The van der Waals surface area contributed by atoms with Crippen LogP contribution in [0.25, 0.3) is 0 Å². The lowest BCUT2D eigenvalue weighted by atomic mass is 9.88. The predicted molar refractivity (Wildman–Crippen MR) is 57.8 cm³/mol. The quantitative estimate of drug-likeness (QED) is 0.636. The first-order chi connectivity index (χ1) is 6.14. The molecule has 0 saturated carbocycles. The van der Waals surface area contributed by atoms with Gasteiger partial charge in [-0.15, -0.1) is 0 Å². The monoisotopic (exact) mass is 198 g/mol. The molecule has 3 heteroatoms. The third-order valence-corrected chi connectivity index (χ3v) is 2.95. The van der Waals surface area contributed by atoms with Crippen LogP contribution < -0.4 is 5.73 Å². The Balaban J connectivity index is 2.72. The van der Waals surface area contributed by atoms with Gasteiger partial charge in [-0.3, -0.25) is 4.79 Å². The van der Waals surface area contributed by atoms with Crippen LogP contribution in [0.5, 0.6) is 0 Å². The molecule has 0 radical (unpaired) electrons. The number of carbonyl (C=O) groups is 1. The van der Waals surface area contributed by atoms with Crippen LogP contribution in [-0.2, 0) is 4.79 Å². The zero-order valence-electron chi connectivity index (χ0n) is 9.92. The third-order valence-electron chi connectivity index (χ3n) is 2.95. The molecule has 0 spiro atoms. The van der Waals surface area contributed by atoms with Crippen LogP contribution in [0.15, 0.2) is 0 Å². The number of hydrogen-bond acceptors (Lipinski definition) is 2. The van der Waals surface area contributed by atoms with Gasteiger partial charge in [0.25, 0.3) is 0 Å². The van der Waals surface area contributed by atoms with Gasteiger partial charge in [0.15, 0.2) is 0 Å². The average Bonchev–Trinajstić information content (AvgIpc) is 2.23. The molecule has 2 N–H and O–H groups in total. The highest BCUT2D eigenvalue weighted by molar-refractivity contribution is 5.82. The van der Waals surface area contributed by atoms with Crippen LogP contribution in [0.1, 0.15) is 34.6 Å². The second-order valence-corrected chi connectivity index (χ2v) is 6.03. The van der Waals surface area contributed by atoms with Crippen molar-refractivity contribution in [3.8, 4) is 0 Å². The molecule has 1 rings (SSSR count). The van der Waals surface area contributed by atoms with E-state index in [0.717, 1.165) is 6.54 Å². The number of amides is 1. The molecule has 3 nitrogen and oxygen atoms in total. The summed E-state index contributed by atoms with van der Waals surface area (Å²) in [6.45, 7) is 11.6. The van der Waals surface area contributed by atoms with Crippen LogP contribution in [-0.4, -0.2) is 29.9 Å². The van der Waals surface area contributed by atoms with Gasteiger partial charge in [0.05, 0.1) is 0 Å². The Morgan fingerprint density at radius 3 is 2.21 bits per heavy atom. The minimum atomic E-state index is -0.292. The molecular weight excluding hydrogens is 176 g/mol. The van der Waals surface area contributed by atoms with Crippen molar-refractivity contribution in [2.24, 2.45) is 16.6 Å². The summed E-state index contributed by atoms with van der Waals surface area (Å²) in [4.78, 5) is 13.9. The second-order valence-electron chi connectivity index (χ2n) is 6.03. The fourth-order valence-electron chi connectivity index (χ4n) is 1.79. The SMILES string of the molecule is CC(C)(C)C(=O)N1CC(N)C(C)(C)C1. The van der Waals surface area contributed by atoms with Crippen molar-refractivity contribution in [3.63, 3.8) is 0 Å². The van der Waals surface area contributed by atoms with Crippen molar-refractivity contribution < 1.29 is 4.79 Å². The fraction of sp³-hybridized carbons (Fsp3) is 0.909. The Bertz CT molecular complexity index is 240. The number of likely N-dealkylation sites (tertiary alicyclic amines) is 1. The maximum atomic E-state index is 12.0. The third kappa shape index (κ3) is 2.08. The average molecular weight is 198 g/mol. The molecule has 1 amide bonds. The summed E-state index contributed by atoms with van der Waals surface area (Å²) in [7, 11) is 0. The van der Waals surface area contributed by atoms with E-state index >= 15 is 0 Å². The molecule has 0 aromatic heterocycles. The summed E-state index contributed by atoms with van der Waals surface area (Å²) >= 11 is 0. The van der Waals surface area contributed by atoms with Crippen LogP contribution >= 0.6 is 0 Å². The van der Waals surface area contributed by atoms with Crippen molar-refractivity contribution in [2.75, 3.05) is 13.1 Å². The first kappa shape index (κ1) is 11.5. The molecule has 0 aromatic carbocycles. The highest BCUT2D eigenvalue weighted by Gasteiger charge is 2.41. The summed E-state index contributed by atoms with van der Waals surface area (Å²) in [6.07, 6.45) is 0. The number of carbonyl (C=O) groups excluding carboxylic acids is 1. The molecule has 0 bridgehead atoms. The Kier molecular flexibility index (Phi) is 2.65. The van der Waals surface area contributed by atoms with Gasteiger partial charge in [0.2, 0.25) is 5.91 Å². The molecular formula is C11H22N2O. The van der Waals surface area contributed by atoms with Crippen LogP contribution in [0.4, 0.5) is 0 Å². The van der Waals surface area contributed by atoms with E-state index in [1.54, 1.807) is 0 Å². The second kappa shape index (κ2) is 3.23. The topological polar surface area (TPSA) is 46.3 Å². The lowest BCUT2D eigenvalue weighted by molar-refractivity contribution is -0.138. The van der Waals surface area contributed by atoms with E-state index in [0.29, 0.717) is 6.54 Å². The number of nitrogens with zero attached hydrogens (tertiary/aromatic N) is 1. The zero-order chi connectivity index (χ0) is 11.1. The predicted octanol–water partition coefficient (Wildman–Crippen LogP) is 1.23. The van der Waals surface area contributed by atoms with Crippen LogP contribution in [0.2, 0.25) is 0 Å². The Hall–Kier alpha value is -0.570. The van der Waals surface area contributed by atoms with Gasteiger partial charge >= 0.3 is 0 Å². The lowest BCUT2D eigenvalue weighted by Crippen LogP contribution is -2.39.